The standard InChI is InChI=1S/C12H26N2/c1-10-5-4-7-14(8-6-10)9-11(2)12(3)13/h10-12H,4-9,13H2,1-3H3. The summed E-state index contributed by atoms with van der Waals surface area (Å²) >= 11 is 0. The Morgan fingerprint density at radius 2 is 2.00 bits per heavy atom. The van der Waals surface area contributed by atoms with Crippen LogP contribution >= 0.6 is 0 Å². The zero-order valence-electron chi connectivity index (χ0n) is 10.00. The summed E-state index contributed by atoms with van der Waals surface area (Å²) in [5.41, 5.74) is 5.89. The highest BCUT2D eigenvalue weighted by atomic mass is 15.1. The number of rotatable bonds is 3. The Hall–Kier alpha value is -0.0800. The van der Waals surface area contributed by atoms with Gasteiger partial charge >= 0.3 is 0 Å². The fraction of sp³-hybridized carbons (Fsp3) is 1.00. The molecule has 0 saturated carbocycles. The second-order valence-electron chi connectivity index (χ2n) is 5.17. The fourth-order valence-corrected chi connectivity index (χ4v) is 2.08. The molecule has 1 rings (SSSR count). The van der Waals surface area contributed by atoms with Crippen molar-refractivity contribution in [1.29, 1.82) is 0 Å². The molecule has 2 heteroatoms. The Bertz CT molecular complexity index is 156. The van der Waals surface area contributed by atoms with E-state index < -0.39 is 0 Å². The smallest absolute Gasteiger partial charge is 0.00483 e. The molecule has 2 N–H and O–H groups in total. The summed E-state index contributed by atoms with van der Waals surface area (Å²) in [4.78, 5) is 2.59. The lowest BCUT2D eigenvalue weighted by molar-refractivity contribution is 0.231. The van der Waals surface area contributed by atoms with Crippen LogP contribution in [0.15, 0.2) is 0 Å². The van der Waals surface area contributed by atoms with E-state index in [-0.39, 0.29) is 0 Å². The minimum Gasteiger partial charge on any atom is -0.328 e. The van der Waals surface area contributed by atoms with Crippen LogP contribution in [0.1, 0.15) is 40.0 Å². The van der Waals surface area contributed by atoms with E-state index in [9.17, 15) is 0 Å². The van der Waals surface area contributed by atoms with Gasteiger partial charge in [-0.3, -0.25) is 0 Å². The largest absolute Gasteiger partial charge is 0.328 e. The van der Waals surface area contributed by atoms with Gasteiger partial charge in [-0.25, -0.2) is 0 Å². The Balaban J connectivity index is 2.30. The van der Waals surface area contributed by atoms with E-state index in [0.29, 0.717) is 12.0 Å². The lowest BCUT2D eigenvalue weighted by Crippen LogP contribution is -2.36. The summed E-state index contributed by atoms with van der Waals surface area (Å²) in [6, 6.07) is 0.329. The van der Waals surface area contributed by atoms with Crippen molar-refractivity contribution in [3.8, 4) is 0 Å². The van der Waals surface area contributed by atoms with Gasteiger partial charge in [-0.15, -0.1) is 0 Å². The number of hydrogen-bond acceptors (Lipinski definition) is 2. The molecule has 3 atom stereocenters. The van der Waals surface area contributed by atoms with Gasteiger partial charge in [0.2, 0.25) is 0 Å². The minimum atomic E-state index is 0.329. The summed E-state index contributed by atoms with van der Waals surface area (Å²) < 4.78 is 0. The molecule has 84 valence electrons. The minimum absolute atomic E-state index is 0.329. The van der Waals surface area contributed by atoms with Crippen LogP contribution in [0.5, 0.6) is 0 Å². The topological polar surface area (TPSA) is 29.3 Å². The normalized spacial score (nSPS) is 29.6. The second kappa shape index (κ2) is 5.72. The summed E-state index contributed by atoms with van der Waals surface area (Å²) in [7, 11) is 0. The van der Waals surface area contributed by atoms with E-state index >= 15 is 0 Å². The fourth-order valence-electron chi connectivity index (χ4n) is 2.08. The molecule has 0 amide bonds. The van der Waals surface area contributed by atoms with Crippen LogP contribution in [-0.2, 0) is 0 Å². The highest BCUT2D eigenvalue weighted by Crippen LogP contribution is 2.17. The van der Waals surface area contributed by atoms with Crippen molar-refractivity contribution in [3.63, 3.8) is 0 Å². The van der Waals surface area contributed by atoms with Gasteiger partial charge < -0.3 is 10.6 Å². The molecule has 0 radical (unpaired) electrons. The number of nitrogens with zero attached hydrogens (tertiary/aromatic N) is 1. The first-order valence-electron chi connectivity index (χ1n) is 6.07. The molecule has 0 aliphatic carbocycles. The van der Waals surface area contributed by atoms with Gasteiger partial charge in [0.05, 0.1) is 0 Å². The molecule has 1 fully saturated rings. The maximum absolute atomic E-state index is 5.89. The van der Waals surface area contributed by atoms with Crippen LogP contribution in [0.2, 0.25) is 0 Å². The molecule has 1 saturated heterocycles. The third kappa shape index (κ3) is 3.97. The van der Waals surface area contributed by atoms with Gasteiger partial charge in [0, 0.05) is 12.6 Å². The van der Waals surface area contributed by atoms with Crippen molar-refractivity contribution in [2.75, 3.05) is 19.6 Å². The van der Waals surface area contributed by atoms with Crippen molar-refractivity contribution in [1.82, 2.24) is 4.90 Å². The third-order valence-corrected chi connectivity index (χ3v) is 3.55. The predicted octanol–water partition coefficient (Wildman–Crippen LogP) is 2.09. The molecule has 0 spiro atoms. The summed E-state index contributed by atoms with van der Waals surface area (Å²) in [6.07, 6.45) is 4.14. The number of nitrogens with two attached hydrogens (primary N) is 1. The zero-order chi connectivity index (χ0) is 10.6. The molecule has 0 aromatic carbocycles. The molecule has 14 heavy (non-hydrogen) atoms. The van der Waals surface area contributed by atoms with E-state index in [2.05, 4.69) is 25.7 Å². The Morgan fingerprint density at radius 1 is 1.29 bits per heavy atom. The van der Waals surface area contributed by atoms with Gasteiger partial charge in [-0.2, -0.15) is 0 Å². The molecule has 0 aromatic heterocycles. The van der Waals surface area contributed by atoms with Gasteiger partial charge in [0.15, 0.2) is 0 Å². The maximum atomic E-state index is 5.89. The van der Waals surface area contributed by atoms with Crippen molar-refractivity contribution in [3.05, 3.63) is 0 Å². The summed E-state index contributed by atoms with van der Waals surface area (Å²) in [5.74, 6) is 1.55. The van der Waals surface area contributed by atoms with Crippen LogP contribution in [0.4, 0.5) is 0 Å². The molecule has 3 unspecified atom stereocenters. The molecule has 1 aliphatic heterocycles. The van der Waals surface area contributed by atoms with Crippen LogP contribution in [0, 0.1) is 11.8 Å². The zero-order valence-corrected chi connectivity index (χ0v) is 10.00. The average molecular weight is 198 g/mol. The highest BCUT2D eigenvalue weighted by Gasteiger charge is 2.17. The lowest BCUT2D eigenvalue weighted by Gasteiger charge is -2.25. The Labute approximate surface area is 88.8 Å². The number of likely N-dealkylation sites (tertiary alicyclic amines) is 1. The summed E-state index contributed by atoms with van der Waals surface area (Å²) in [5, 5.41) is 0. The maximum Gasteiger partial charge on any atom is 0.00483 e. The van der Waals surface area contributed by atoms with Gasteiger partial charge in [-0.05, 0) is 51.1 Å². The average Bonchev–Trinajstić information content (AvgIpc) is 2.31. The molecule has 0 aromatic rings. The second-order valence-corrected chi connectivity index (χ2v) is 5.17. The molecular formula is C12H26N2. The highest BCUT2D eigenvalue weighted by molar-refractivity contribution is 4.72. The molecule has 1 aliphatic rings. The van der Waals surface area contributed by atoms with Gasteiger partial charge in [0.25, 0.3) is 0 Å². The van der Waals surface area contributed by atoms with Crippen LogP contribution in [-0.4, -0.2) is 30.6 Å². The number of hydrogen-bond donors (Lipinski definition) is 1. The van der Waals surface area contributed by atoms with E-state index in [4.69, 9.17) is 5.73 Å². The predicted molar refractivity (Wildman–Crippen MR) is 62.3 cm³/mol. The van der Waals surface area contributed by atoms with Crippen molar-refractivity contribution in [2.24, 2.45) is 17.6 Å². The monoisotopic (exact) mass is 198 g/mol. The quantitative estimate of drug-likeness (QED) is 0.752. The SMILES string of the molecule is CC1CCCN(CC(C)C(C)N)CC1. The first kappa shape index (κ1) is 12.0. The van der Waals surface area contributed by atoms with Crippen molar-refractivity contribution in [2.45, 2.75) is 46.1 Å². The Morgan fingerprint density at radius 3 is 2.64 bits per heavy atom. The van der Waals surface area contributed by atoms with Crippen LogP contribution < -0.4 is 5.73 Å². The lowest BCUT2D eigenvalue weighted by atomic mass is 10.0. The van der Waals surface area contributed by atoms with E-state index in [0.717, 1.165) is 5.92 Å². The molecule has 1 heterocycles. The molecule has 2 nitrogen and oxygen atoms in total. The Kier molecular flexibility index (Phi) is 4.90. The van der Waals surface area contributed by atoms with Gasteiger partial charge in [0.1, 0.15) is 0 Å². The van der Waals surface area contributed by atoms with E-state index in [1.54, 1.807) is 0 Å². The van der Waals surface area contributed by atoms with E-state index in [1.807, 2.05) is 0 Å². The van der Waals surface area contributed by atoms with Crippen molar-refractivity contribution < 1.29 is 0 Å². The summed E-state index contributed by atoms with van der Waals surface area (Å²) in [6.45, 7) is 10.5. The van der Waals surface area contributed by atoms with E-state index in [1.165, 1.54) is 38.9 Å². The van der Waals surface area contributed by atoms with Gasteiger partial charge in [-0.1, -0.05) is 13.8 Å². The molecular weight excluding hydrogens is 172 g/mol. The van der Waals surface area contributed by atoms with Crippen LogP contribution in [0.3, 0.4) is 0 Å². The third-order valence-electron chi connectivity index (χ3n) is 3.55. The first-order valence-corrected chi connectivity index (χ1v) is 6.07. The van der Waals surface area contributed by atoms with Crippen LogP contribution in [0.25, 0.3) is 0 Å². The first-order chi connectivity index (χ1) is 6.59. The molecule has 0 bridgehead atoms. The van der Waals surface area contributed by atoms with Crippen molar-refractivity contribution >= 4 is 0 Å².